The number of hydrogen-bond donors (Lipinski definition) is 1. The highest BCUT2D eigenvalue weighted by atomic mass is 79.9. The van der Waals surface area contributed by atoms with E-state index in [0.717, 1.165) is 31.1 Å². The first-order valence-electron chi connectivity index (χ1n) is 7.97. The molecule has 1 aromatic rings. The van der Waals surface area contributed by atoms with E-state index in [1.54, 1.807) is 0 Å². The highest BCUT2D eigenvalue weighted by Crippen LogP contribution is 2.42. The lowest BCUT2D eigenvalue weighted by Gasteiger charge is -2.39. The Bertz CT molecular complexity index is 445. The van der Waals surface area contributed by atoms with Gasteiger partial charge in [0.2, 0.25) is 0 Å². The third-order valence-corrected chi connectivity index (χ3v) is 6.20. The number of aryl methyl sites for hydroxylation is 2. The molecule has 20 heavy (non-hydrogen) atoms. The fourth-order valence-electron chi connectivity index (χ4n) is 3.54. The summed E-state index contributed by atoms with van der Waals surface area (Å²) in [5.41, 5.74) is 8.89. The molecule has 2 rings (SSSR count). The van der Waals surface area contributed by atoms with Crippen molar-refractivity contribution in [3.05, 3.63) is 15.9 Å². The van der Waals surface area contributed by atoms with Gasteiger partial charge in [0.25, 0.3) is 0 Å². The molecule has 0 radical (unpaired) electrons. The van der Waals surface area contributed by atoms with Gasteiger partial charge in [-0.2, -0.15) is 5.10 Å². The number of rotatable bonds is 5. The summed E-state index contributed by atoms with van der Waals surface area (Å²) in [6, 6.07) is 0. The van der Waals surface area contributed by atoms with E-state index in [0.29, 0.717) is 0 Å². The van der Waals surface area contributed by atoms with Gasteiger partial charge in [-0.15, -0.1) is 0 Å². The van der Waals surface area contributed by atoms with Crippen LogP contribution in [0.4, 0.5) is 0 Å². The number of halogens is 1. The van der Waals surface area contributed by atoms with Crippen molar-refractivity contribution in [1.29, 1.82) is 0 Å². The highest BCUT2D eigenvalue weighted by Gasteiger charge is 2.35. The van der Waals surface area contributed by atoms with E-state index in [-0.39, 0.29) is 5.41 Å². The summed E-state index contributed by atoms with van der Waals surface area (Å²) < 4.78 is 3.33. The molecular formula is C16H28BrN3. The molecule has 1 fully saturated rings. The summed E-state index contributed by atoms with van der Waals surface area (Å²) >= 11 is 3.72. The van der Waals surface area contributed by atoms with Gasteiger partial charge >= 0.3 is 0 Å². The number of aromatic nitrogens is 2. The van der Waals surface area contributed by atoms with Crippen molar-refractivity contribution in [2.75, 3.05) is 6.54 Å². The highest BCUT2D eigenvalue weighted by molar-refractivity contribution is 9.10. The minimum atomic E-state index is 0.285. The van der Waals surface area contributed by atoms with E-state index in [1.807, 2.05) is 0 Å². The van der Waals surface area contributed by atoms with Gasteiger partial charge in [0.05, 0.1) is 15.9 Å². The zero-order valence-electron chi connectivity index (χ0n) is 13.1. The first-order valence-corrected chi connectivity index (χ1v) is 8.76. The second kappa shape index (κ2) is 6.61. The number of nitrogens with two attached hydrogens (primary N) is 1. The van der Waals surface area contributed by atoms with E-state index in [4.69, 9.17) is 5.73 Å². The van der Waals surface area contributed by atoms with Gasteiger partial charge in [0, 0.05) is 6.54 Å². The van der Waals surface area contributed by atoms with Crippen molar-refractivity contribution in [3.8, 4) is 0 Å². The van der Waals surface area contributed by atoms with Crippen molar-refractivity contribution in [2.45, 2.75) is 65.8 Å². The van der Waals surface area contributed by atoms with Crippen LogP contribution in [-0.2, 0) is 13.0 Å². The van der Waals surface area contributed by atoms with Crippen molar-refractivity contribution < 1.29 is 0 Å². The second-order valence-electron chi connectivity index (χ2n) is 6.39. The zero-order chi connectivity index (χ0) is 14.8. The Morgan fingerprint density at radius 2 is 2.00 bits per heavy atom. The van der Waals surface area contributed by atoms with E-state index in [9.17, 15) is 0 Å². The molecular weight excluding hydrogens is 314 g/mol. The van der Waals surface area contributed by atoms with Crippen LogP contribution in [0.25, 0.3) is 0 Å². The van der Waals surface area contributed by atoms with Gasteiger partial charge in [0.15, 0.2) is 0 Å². The third-order valence-electron chi connectivity index (χ3n) is 5.17. The van der Waals surface area contributed by atoms with Crippen LogP contribution in [0.15, 0.2) is 4.47 Å². The normalized spacial score (nSPS) is 26.9. The Morgan fingerprint density at radius 3 is 2.50 bits per heavy atom. The van der Waals surface area contributed by atoms with Crippen LogP contribution >= 0.6 is 15.9 Å². The van der Waals surface area contributed by atoms with Crippen molar-refractivity contribution in [2.24, 2.45) is 17.1 Å². The van der Waals surface area contributed by atoms with Crippen molar-refractivity contribution in [1.82, 2.24) is 9.78 Å². The summed E-state index contributed by atoms with van der Waals surface area (Å²) in [7, 11) is 0. The fourth-order valence-corrected chi connectivity index (χ4v) is 3.97. The minimum absolute atomic E-state index is 0.285. The minimum Gasteiger partial charge on any atom is -0.330 e. The summed E-state index contributed by atoms with van der Waals surface area (Å²) in [4.78, 5) is 0. The third kappa shape index (κ3) is 3.11. The lowest BCUT2D eigenvalue weighted by molar-refractivity contribution is 0.150. The molecule has 0 amide bonds. The van der Waals surface area contributed by atoms with Gasteiger partial charge < -0.3 is 5.73 Å². The molecule has 0 aromatic carbocycles. The van der Waals surface area contributed by atoms with Crippen LogP contribution < -0.4 is 5.73 Å². The molecule has 1 aromatic heterocycles. The smallest absolute Gasteiger partial charge is 0.0738 e. The maximum absolute atomic E-state index is 6.18. The molecule has 2 N–H and O–H groups in total. The van der Waals surface area contributed by atoms with Crippen LogP contribution in [0.1, 0.15) is 57.3 Å². The molecule has 1 aliphatic carbocycles. The zero-order valence-corrected chi connectivity index (χ0v) is 14.7. The van der Waals surface area contributed by atoms with Crippen molar-refractivity contribution in [3.63, 3.8) is 0 Å². The average molecular weight is 342 g/mol. The summed E-state index contributed by atoms with van der Waals surface area (Å²) in [5.74, 6) is 0.913. The largest absolute Gasteiger partial charge is 0.330 e. The van der Waals surface area contributed by atoms with E-state index >= 15 is 0 Å². The first-order chi connectivity index (χ1) is 9.55. The summed E-state index contributed by atoms with van der Waals surface area (Å²) in [6.07, 6.45) is 7.59. The van der Waals surface area contributed by atoms with Gasteiger partial charge in [-0.3, -0.25) is 4.68 Å². The van der Waals surface area contributed by atoms with E-state index in [1.165, 1.54) is 42.3 Å². The molecule has 1 heterocycles. The van der Waals surface area contributed by atoms with Crippen LogP contribution in [0.3, 0.4) is 0 Å². The Balaban J connectivity index is 2.18. The maximum atomic E-state index is 6.18. The fraction of sp³-hybridized carbons (Fsp3) is 0.812. The molecule has 4 heteroatoms. The lowest BCUT2D eigenvalue weighted by atomic mass is 9.67. The standard InChI is InChI=1S/C16H28BrN3/c1-4-13-6-8-16(11-18,9-7-13)10-14-15(17)12(3)19-20(14)5-2/h13H,4-11,18H2,1-3H3. The SMILES string of the molecule is CCC1CCC(CN)(Cc2c(Br)c(C)nn2CC)CC1. The Morgan fingerprint density at radius 1 is 1.35 bits per heavy atom. The summed E-state index contributed by atoms with van der Waals surface area (Å²) in [6.45, 7) is 8.27. The van der Waals surface area contributed by atoms with Gasteiger partial charge in [0.1, 0.15) is 0 Å². The number of hydrogen-bond acceptors (Lipinski definition) is 2. The Hall–Kier alpha value is -0.350. The predicted molar refractivity (Wildman–Crippen MR) is 87.8 cm³/mol. The molecule has 0 unspecified atom stereocenters. The second-order valence-corrected chi connectivity index (χ2v) is 7.19. The topological polar surface area (TPSA) is 43.8 Å². The quantitative estimate of drug-likeness (QED) is 0.877. The van der Waals surface area contributed by atoms with E-state index in [2.05, 4.69) is 46.5 Å². The van der Waals surface area contributed by atoms with Crippen LogP contribution in [0.5, 0.6) is 0 Å². The summed E-state index contributed by atoms with van der Waals surface area (Å²) in [5, 5.41) is 4.62. The molecule has 0 saturated heterocycles. The predicted octanol–water partition coefficient (Wildman–Crippen LogP) is 4.06. The maximum Gasteiger partial charge on any atom is 0.0738 e. The van der Waals surface area contributed by atoms with Gasteiger partial charge in [-0.25, -0.2) is 0 Å². The molecule has 1 aliphatic rings. The van der Waals surface area contributed by atoms with E-state index < -0.39 is 0 Å². The Kier molecular flexibility index (Phi) is 5.30. The number of nitrogens with zero attached hydrogens (tertiary/aromatic N) is 2. The van der Waals surface area contributed by atoms with Crippen LogP contribution in [0.2, 0.25) is 0 Å². The average Bonchev–Trinajstić information content (AvgIpc) is 2.75. The molecule has 114 valence electrons. The molecule has 1 saturated carbocycles. The lowest BCUT2D eigenvalue weighted by Crippen LogP contribution is -2.37. The Labute approximate surface area is 131 Å². The molecule has 0 atom stereocenters. The first kappa shape index (κ1) is 16.0. The monoisotopic (exact) mass is 341 g/mol. The van der Waals surface area contributed by atoms with Crippen LogP contribution in [0, 0.1) is 18.3 Å². The molecule has 3 nitrogen and oxygen atoms in total. The molecule has 0 aliphatic heterocycles. The van der Waals surface area contributed by atoms with Gasteiger partial charge in [-0.1, -0.05) is 13.3 Å². The van der Waals surface area contributed by atoms with Crippen LogP contribution in [-0.4, -0.2) is 16.3 Å². The molecule has 0 spiro atoms. The van der Waals surface area contributed by atoms with Crippen molar-refractivity contribution >= 4 is 15.9 Å². The van der Waals surface area contributed by atoms with Gasteiger partial charge in [-0.05, 0) is 79.8 Å². The molecule has 0 bridgehead atoms.